The Hall–Kier alpha value is -7.43. The molecule has 0 saturated carbocycles. The first kappa shape index (κ1) is 31.1. The lowest BCUT2D eigenvalue weighted by molar-refractivity contribution is 0.766. The fraction of sp³-hybridized carbons (Fsp3) is 0. The van der Waals surface area contributed by atoms with Gasteiger partial charge in [0.1, 0.15) is 11.0 Å². The van der Waals surface area contributed by atoms with Gasteiger partial charge in [0.05, 0.1) is 5.69 Å². The summed E-state index contributed by atoms with van der Waals surface area (Å²) in [6.45, 7) is 0. The lowest BCUT2D eigenvalue weighted by Gasteiger charge is -2.19. The first-order valence-corrected chi connectivity index (χ1v) is 18.6. The average Bonchev–Trinajstić information content (AvgIpc) is 3.70. The third kappa shape index (κ3) is 5.11. The summed E-state index contributed by atoms with van der Waals surface area (Å²) in [4.78, 5) is 5.93. The van der Waals surface area contributed by atoms with Gasteiger partial charge in [0.2, 0.25) is 0 Å². The first-order valence-electron chi connectivity index (χ1n) is 18.6. The van der Waals surface area contributed by atoms with E-state index in [0.717, 1.165) is 44.2 Å². The summed E-state index contributed by atoms with van der Waals surface area (Å²) in [6.07, 6.45) is 3.64. The van der Waals surface area contributed by atoms with Crippen LogP contribution in [0.3, 0.4) is 0 Å². The van der Waals surface area contributed by atoms with E-state index >= 15 is 0 Å². The van der Waals surface area contributed by atoms with Gasteiger partial charge in [-0.3, -0.25) is 4.98 Å². The smallest absolute Gasteiger partial charge is 0.121 e. The quantitative estimate of drug-likeness (QED) is 0.168. The van der Waals surface area contributed by atoms with Crippen LogP contribution in [0.5, 0.6) is 0 Å². The highest BCUT2D eigenvalue weighted by Crippen LogP contribution is 2.47. The number of fused-ring (bicyclic) bond motifs is 6. The van der Waals surface area contributed by atoms with E-state index in [1.54, 1.807) is 4.80 Å². The van der Waals surface area contributed by atoms with Crippen LogP contribution in [-0.4, -0.2) is 20.0 Å². The zero-order valence-electron chi connectivity index (χ0n) is 29.8. The molecule has 2 heterocycles. The standard InChI is InChI=1S/C51H32N4/c1-2-15-39-35(11-1)12-10-22-40(39)36-13-9-14-37(31-36)49-42-17-4-6-19-44(42)50(45-20-7-5-18-43(45)49)47-32-48-51(46-21-8-3-16-41(46)47)54-55(53-48)38-25-23-33(24-26-38)34-27-29-52-30-28-34/h1-32H. The summed E-state index contributed by atoms with van der Waals surface area (Å²) in [5.41, 5.74) is 12.1. The highest BCUT2D eigenvalue weighted by Gasteiger charge is 2.21. The Labute approximate surface area is 317 Å². The molecule has 11 aromatic rings. The van der Waals surface area contributed by atoms with Crippen LogP contribution in [-0.2, 0) is 0 Å². The normalized spacial score (nSPS) is 11.6. The maximum absolute atomic E-state index is 5.10. The minimum atomic E-state index is 0.854. The van der Waals surface area contributed by atoms with Crippen LogP contribution in [0, 0.1) is 0 Å². The van der Waals surface area contributed by atoms with Crippen molar-refractivity contribution in [2.75, 3.05) is 0 Å². The van der Waals surface area contributed by atoms with E-state index in [1.807, 2.05) is 24.5 Å². The fourth-order valence-corrected chi connectivity index (χ4v) is 8.45. The second kappa shape index (κ2) is 12.6. The van der Waals surface area contributed by atoms with Crippen LogP contribution in [0.15, 0.2) is 194 Å². The molecule has 0 aliphatic heterocycles. The summed E-state index contributed by atoms with van der Waals surface area (Å²) >= 11 is 0. The largest absolute Gasteiger partial charge is 0.265 e. The van der Waals surface area contributed by atoms with E-state index in [-0.39, 0.29) is 0 Å². The molecule has 0 bridgehead atoms. The molecule has 0 amide bonds. The molecule has 4 heteroatoms. The zero-order chi connectivity index (χ0) is 36.3. The van der Waals surface area contributed by atoms with Crippen LogP contribution < -0.4 is 0 Å². The Morgan fingerprint density at radius 3 is 1.64 bits per heavy atom. The minimum absolute atomic E-state index is 0.854. The highest BCUT2D eigenvalue weighted by molar-refractivity contribution is 6.25. The number of hydrogen-bond donors (Lipinski definition) is 0. The molecule has 0 N–H and O–H groups in total. The number of benzene rings is 9. The van der Waals surface area contributed by atoms with Gasteiger partial charge in [0, 0.05) is 17.8 Å². The Balaban J connectivity index is 1.12. The lowest BCUT2D eigenvalue weighted by Crippen LogP contribution is -1.98. The summed E-state index contributed by atoms with van der Waals surface area (Å²) in [5.74, 6) is 0. The van der Waals surface area contributed by atoms with Gasteiger partial charge in [-0.2, -0.15) is 4.80 Å². The molecular formula is C51H32N4. The lowest BCUT2D eigenvalue weighted by atomic mass is 9.84. The predicted molar refractivity (Wildman–Crippen MR) is 228 cm³/mol. The molecule has 55 heavy (non-hydrogen) atoms. The van der Waals surface area contributed by atoms with Crippen LogP contribution >= 0.6 is 0 Å². The Kier molecular flexibility index (Phi) is 7.14. The second-order valence-electron chi connectivity index (χ2n) is 14.1. The van der Waals surface area contributed by atoms with Crippen LogP contribution in [0.1, 0.15) is 0 Å². The van der Waals surface area contributed by atoms with Crippen LogP contribution in [0.2, 0.25) is 0 Å². The molecule has 4 nitrogen and oxygen atoms in total. The van der Waals surface area contributed by atoms with Crippen molar-refractivity contribution in [2.45, 2.75) is 0 Å². The fourth-order valence-electron chi connectivity index (χ4n) is 8.45. The van der Waals surface area contributed by atoms with E-state index in [0.29, 0.717) is 0 Å². The molecule has 0 atom stereocenters. The molecule has 0 aliphatic rings. The number of aromatic nitrogens is 4. The van der Waals surface area contributed by atoms with Crippen molar-refractivity contribution in [3.05, 3.63) is 194 Å². The van der Waals surface area contributed by atoms with Crippen LogP contribution in [0.4, 0.5) is 0 Å². The average molecular weight is 701 g/mol. The summed E-state index contributed by atoms with van der Waals surface area (Å²) in [5, 5.41) is 19.7. The van der Waals surface area contributed by atoms with Gasteiger partial charge in [-0.05, 0) is 119 Å². The van der Waals surface area contributed by atoms with E-state index in [2.05, 4.69) is 175 Å². The predicted octanol–water partition coefficient (Wildman–Crippen LogP) is 13.1. The molecule has 11 rings (SSSR count). The van der Waals surface area contributed by atoms with Crippen molar-refractivity contribution >= 4 is 54.1 Å². The third-order valence-corrected chi connectivity index (χ3v) is 11.0. The van der Waals surface area contributed by atoms with Crippen LogP contribution in [0.25, 0.3) is 104 Å². The van der Waals surface area contributed by atoms with E-state index in [4.69, 9.17) is 10.2 Å². The number of hydrogen-bond acceptors (Lipinski definition) is 3. The Bertz CT molecular complexity index is 3190. The molecule has 2 aromatic heterocycles. The number of pyridine rings is 1. The van der Waals surface area contributed by atoms with Gasteiger partial charge >= 0.3 is 0 Å². The monoisotopic (exact) mass is 700 g/mol. The van der Waals surface area contributed by atoms with Gasteiger partial charge < -0.3 is 0 Å². The van der Waals surface area contributed by atoms with Gasteiger partial charge in [0.25, 0.3) is 0 Å². The molecule has 0 radical (unpaired) electrons. The Morgan fingerprint density at radius 2 is 0.909 bits per heavy atom. The van der Waals surface area contributed by atoms with Crippen molar-refractivity contribution in [2.24, 2.45) is 0 Å². The van der Waals surface area contributed by atoms with Crippen molar-refractivity contribution in [3.8, 4) is 50.2 Å². The molecule has 256 valence electrons. The topological polar surface area (TPSA) is 43.6 Å². The molecular weight excluding hydrogens is 669 g/mol. The second-order valence-corrected chi connectivity index (χ2v) is 14.1. The SMILES string of the molecule is c1cc(-c2cccc3ccccc23)cc(-c2c3ccccc3c(-c3cc4nn(-c5ccc(-c6ccncc6)cc5)nc4c4ccccc34)c3ccccc23)c1. The minimum Gasteiger partial charge on any atom is -0.265 e. The summed E-state index contributed by atoms with van der Waals surface area (Å²) in [7, 11) is 0. The Morgan fingerprint density at radius 1 is 0.345 bits per heavy atom. The number of rotatable bonds is 5. The molecule has 0 aliphatic carbocycles. The molecule has 0 saturated heterocycles. The maximum Gasteiger partial charge on any atom is 0.121 e. The molecule has 0 fully saturated rings. The van der Waals surface area contributed by atoms with Crippen molar-refractivity contribution in [1.29, 1.82) is 0 Å². The molecule has 0 spiro atoms. The van der Waals surface area contributed by atoms with Gasteiger partial charge in [0.15, 0.2) is 0 Å². The van der Waals surface area contributed by atoms with Crippen molar-refractivity contribution in [1.82, 2.24) is 20.0 Å². The van der Waals surface area contributed by atoms with E-state index < -0.39 is 0 Å². The van der Waals surface area contributed by atoms with Gasteiger partial charge in [-0.25, -0.2) is 0 Å². The first-order chi connectivity index (χ1) is 27.3. The van der Waals surface area contributed by atoms with Crippen molar-refractivity contribution in [3.63, 3.8) is 0 Å². The molecule has 9 aromatic carbocycles. The van der Waals surface area contributed by atoms with E-state index in [1.165, 1.54) is 60.1 Å². The van der Waals surface area contributed by atoms with Gasteiger partial charge in [-0.1, -0.05) is 146 Å². The highest BCUT2D eigenvalue weighted by atomic mass is 15.5. The third-order valence-electron chi connectivity index (χ3n) is 11.0. The number of nitrogens with zero attached hydrogens (tertiary/aromatic N) is 4. The van der Waals surface area contributed by atoms with Crippen molar-refractivity contribution < 1.29 is 0 Å². The molecule has 0 unspecified atom stereocenters. The van der Waals surface area contributed by atoms with E-state index in [9.17, 15) is 0 Å². The summed E-state index contributed by atoms with van der Waals surface area (Å²) in [6, 6.07) is 65.2. The van der Waals surface area contributed by atoms with Gasteiger partial charge in [-0.15, -0.1) is 10.2 Å². The summed E-state index contributed by atoms with van der Waals surface area (Å²) < 4.78 is 0. The zero-order valence-corrected chi connectivity index (χ0v) is 29.8. The maximum atomic E-state index is 5.10.